The van der Waals surface area contributed by atoms with Gasteiger partial charge in [0.1, 0.15) is 11.0 Å². The fraction of sp³-hybridized carbons (Fsp3) is 0.520. The summed E-state index contributed by atoms with van der Waals surface area (Å²) >= 11 is 5.81. The van der Waals surface area contributed by atoms with Gasteiger partial charge in [0, 0.05) is 82.5 Å². The number of pyridine rings is 1. The lowest BCUT2D eigenvalue weighted by molar-refractivity contribution is -0.137. The van der Waals surface area contributed by atoms with E-state index in [1.54, 1.807) is 21.9 Å². The van der Waals surface area contributed by atoms with Gasteiger partial charge in [0.2, 0.25) is 15.9 Å². The van der Waals surface area contributed by atoms with Crippen molar-refractivity contribution < 1.29 is 26.4 Å². The number of amides is 1. The molecule has 4 fully saturated rings. The van der Waals surface area contributed by atoms with E-state index in [1.807, 2.05) is 0 Å². The maximum atomic E-state index is 13.3. The Morgan fingerprint density at radius 2 is 1.69 bits per heavy atom. The van der Waals surface area contributed by atoms with E-state index in [-0.39, 0.29) is 54.0 Å². The fourth-order valence-electron chi connectivity index (χ4n) is 5.87. The summed E-state index contributed by atoms with van der Waals surface area (Å²) in [5.74, 6) is 0.0882. The molecule has 1 aromatic heterocycles. The Bertz CT molecular complexity index is 1370. The van der Waals surface area contributed by atoms with Crippen LogP contribution in [0.1, 0.15) is 12.0 Å². The van der Waals surface area contributed by atoms with Gasteiger partial charge in [0.25, 0.3) is 0 Å². The summed E-state index contributed by atoms with van der Waals surface area (Å²) in [5.41, 5.74) is 0.147. The molecule has 9 nitrogen and oxygen atoms in total. The van der Waals surface area contributed by atoms with Crippen LogP contribution in [0.15, 0.2) is 41.3 Å². The van der Waals surface area contributed by atoms with Gasteiger partial charge in [-0.2, -0.15) is 17.5 Å². The molecular formula is C25H28ClF3N6O3S. The van der Waals surface area contributed by atoms with Crippen LogP contribution in [-0.4, -0.2) is 93.5 Å². The van der Waals surface area contributed by atoms with Crippen LogP contribution in [-0.2, 0) is 21.0 Å². The first-order chi connectivity index (χ1) is 18.4. The SMILES string of the molecule is O=C1CC(N2CC3(CNC3)C2)CN1c1ccc(S(=O)(=O)N2CCN(c3cc(C(F)(F)F)cc(Cl)n3)CC2)cc1. The highest BCUT2D eigenvalue weighted by Gasteiger charge is 2.51. The van der Waals surface area contributed by atoms with Crippen LogP contribution in [0.5, 0.6) is 0 Å². The van der Waals surface area contributed by atoms with Gasteiger partial charge in [0.15, 0.2) is 0 Å². The Labute approximate surface area is 229 Å². The van der Waals surface area contributed by atoms with Gasteiger partial charge in [-0.15, -0.1) is 0 Å². The number of halogens is 4. The van der Waals surface area contributed by atoms with Gasteiger partial charge in [-0.05, 0) is 36.4 Å². The lowest BCUT2D eigenvalue weighted by Crippen LogP contribution is -2.72. The summed E-state index contributed by atoms with van der Waals surface area (Å²) in [7, 11) is -3.83. The summed E-state index contributed by atoms with van der Waals surface area (Å²) in [6.07, 6.45) is -4.11. The van der Waals surface area contributed by atoms with Gasteiger partial charge in [-0.25, -0.2) is 13.4 Å². The second-order valence-corrected chi connectivity index (χ2v) is 13.1. The second kappa shape index (κ2) is 9.58. The van der Waals surface area contributed by atoms with Crippen LogP contribution in [0.3, 0.4) is 0 Å². The number of nitrogens with zero attached hydrogens (tertiary/aromatic N) is 5. The van der Waals surface area contributed by atoms with Crippen LogP contribution in [0, 0.1) is 5.41 Å². The molecule has 1 unspecified atom stereocenters. The smallest absolute Gasteiger partial charge is 0.354 e. The Morgan fingerprint density at radius 3 is 2.28 bits per heavy atom. The average molecular weight is 585 g/mol. The van der Waals surface area contributed by atoms with Crippen molar-refractivity contribution in [1.82, 2.24) is 19.5 Å². The molecule has 5 heterocycles. The minimum atomic E-state index is -4.56. The quantitative estimate of drug-likeness (QED) is 0.540. The number of alkyl halides is 3. The van der Waals surface area contributed by atoms with Crippen molar-refractivity contribution >= 4 is 39.0 Å². The van der Waals surface area contributed by atoms with Crippen molar-refractivity contribution in [2.75, 3.05) is 68.7 Å². The van der Waals surface area contributed by atoms with Crippen LogP contribution in [0.4, 0.5) is 24.7 Å². The summed E-state index contributed by atoms with van der Waals surface area (Å²) in [4.78, 5) is 22.5. The molecule has 0 radical (unpaired) electrons. The van der Waals surface area contributed by atoms with E-state index >= 15 is 0 Å². The lowest BCUT2D eigenvalue weighted by atomic mass is 9.73. The first-order valence-electron chi connectivity index (χ1n) is 12.8. The molecule has 4 saturated heterocycles. The number of piperazine rings is 1. The van der Waals surface area contributed by atoms with Crippen molar-refractivity contribution in [2.24, 2.45) is 5.41 Å². The summed E-state index contributed by atoms with van der Waals surface area (Å²) in [6, 6.07) is 8.18. The van der Waals surface area contributed by atoms with E-state index in [2.05, 4.69) is 15.2 Å². The van der Waals surface area contributed by atoms with Gasteiger partial charge >= 0.3 is 6.18 Å². The van der Waals surface area contributed by atoms with E-state index in [4.69, 9.17) is 11.6 Å². The topological polar surface area (TPSA) is 89.1 Å². The van der Waals surface area contributed by atoms with Crippen LogP contribution in [0.2, 0.25) is 5.15 Å². The zero-order chi connectivity index (χ0) is 27.6. The highest BCUT2D eigenvalue weighted by Crippen LogP contribution is 2.38. The van der Waals surface area contributed by atoms with Gasteiger partial charge < -0.3 is 15.1 Å². The first-order valence-corrected chi connectivity index (χ1v) is 14.6. The molecule has 4 aliphatic heterocycles. The Kier molecular flexibility index (Phi) is 6.57. The molecule has 1 atom stereocenters. The third-order valence-electron chi connectivity index (χ3n) is 8.15. The van der Waals surface area contributed by atoms with Crippen molar-refractivity contribution in [3.63, 3.8) is 0 Å². The van der Waals surface area contributed by atoms with Crippen molar-refractivity contribution in [1.29, 1.82) is 0 Å². The third kappa shape index (κ3) is 4.99. The number of rotatable bonds is 5. The number of carbonyl (C=O) groups is 1. The predicted octanol–water partition coefficient (Wildman–Crippen LogP) is 2.28. The van der Waals surface area contributed by atoms with E-state index < -0.39 is 21.8 Å². The van der Waals surface area contributed by atoms with Crippen LogP contribution in [0.25, 0.3) is 0 Å². The highest BCUT2D eigenvalue weighted by molar-refractivity contribution is 7.89. The molecule has 6 rings (SSSR count). The standard InChI is InChI=1S/C25H28ClF3N6O3S/c26-21-9-17(25(27,28)29)10-22(31-21)32-5-7-34(8-6-32)39(37,38)20-3-1-18(2-4-20)35-12-19(11-23(35)36)33-15-24(16-33)13-30-14-24/h1-4,9-10,19,30H,5-8,11-16H2. The Hall–Kier alpha value is -2.45. The second-order valence-electron chi connectivity index (χ2n) is 10.8. The molecule has 39 heavy (non-hydrogen) atoms. The van der Waals surface area contributed by atoms with E-state index in [0.29, 0.717) is 24.1 Å². The number of likely N-dealkylation sites (tertiary alicyclic amines) is 1. The molecule has 0 saturated carbocycles. The van der Waals surface area contributed by atoms with Crippen molar-refractivity contribution in [2.45, 2.75) is 23.5 Å². The summed E-state index contributed by atoms with van der Waals surface area (Å²) in [5, 5.41) is 3.04. The maximum absolute atomic E-state index is 13.3. The molecule has 4 aliphatic rings. The van der Waals surface area contributed by atoms with Gasteiger partial charge in [0.05, 0.1) is 10.5 Å². The molecule has 2 aromatic rings. The number of hydrogen-bond acceptors (Lipinski definition) is 7. The number of benzene rings is 1. The molecule has 0 aliphatic carbocycles. The molecule has 0 bridgehead atoms. The number of nitrogens with one attached hydrogen (secondary N) is 1. The maximum Gasteiger partial charge on any atom is 0.416 e. The normalized spacial score (nSPS) is 24.2. The van der Waals surface area contributed by atoms with E-state index in [0.717, 1.165) is 38.3 Å². The average Bonchev–Trinajstić information content (AvgIpc) is 3.22. The molecule has 210 valence electrons. The van der Waals surface area contributed by atoms with Crippen LogP contribution >= 0.6 is 11.6 Å². The molecular weight excluding hydrogens is 557 g/mol. The van der Waals surface area contributed by atoms with E-state index in [1.165, 1.54) is 16.4 Å². The molecule has 1 amide bonds. The molecule has 1 N–H and O–H groups in total. The number of carbonyl (C=O) groups excluding carboxylic acids is 1. The largest absolute Gasteiger partial charge is 0.416 e. The number of sulfonamides is 1. The monoisotopic (exact) mass is 584 g/mol. The summed E-state index contributed by atoms with van der Waals surface area (Å²) < 4.78 is 67.4. The molecule has 1 spiro atoms. The zero-order valence-electron chi connectivity index (χ0n) is 21.0. The van der Waals surface area contributed by atoms with Crippen LogP contribution < -0.4 is 15.1 Å². The highest BCUT2D eigenvalue weighted by atomic mass is 35.5. The van der Waals surface area contributed by atoms with Gasteiger partial charge in [-0.3, -0.25) is 9.69 Å². The molecule has 14 heteroatoms. The van der Waals surface area contributed by atoms with E-state index in [9.17, 15) is 26.4 Å². The van der Waals surface area contributed by atoms with Crippen molar-refractivity contribution in [3.8, 4) is 0 Å². The Balaban J connectivity index is 1.08. The van der Waals surface area contributed by atoms with Crippen molar-refractivity contribution in [3.05, 3.63) is 47.1 Å². The molecule has 1 aromatic carbocycles. The minimum Gasteiger partial charge on any atom is -0.354 e. The minimum absolute atomic E-state index is 0.0303. The predicted molar refractivity (Wildman–Crippen MR) is 139 cm³/mol. The lowest BCUT2D eigenvalue weighted by Gasteiger charge is -2.57. The van der Waals surface area contributed by atoms with Gasteiger partial charge in [-0.1, -0.05) is 11.6 Å². The number of aromatic nitrogens is 1. The fourth-order valence-corrected chi connectivity index (χ4v) is 7.50. The number of anilines is 2. The zero-order valence-corrected chi connectivity index (χ0v) is 22.6. The third-order valence-corrected chi connectivity index (χ3v) is 10.3. The summed E-state index contributed by atoms with van der Waals surface area (Å²) in [6.45, 7) is 5.17. The Morgan fingerprint density at radius 1 is 1.03 bits per heavy atom. The number of hydrogen-bond donors (Lipinski definition) is 1. The first kappa shape index (κ1) is 26.8.